The predicted octanol–water partition coefficient (Wildman–Crippen LogP) is 3.83. The lowest BCUT2D eigenvalue weighted by atomic mass is 10.1. The van der Waals surface area contributed by atoms with Gasteiger partial charge >= 0.3 is 5.97 Å². The molecule has 7 heteroatoms. The Hall–Kier alpha value is -3.22. The maximum Gasteiger partial charge on any atom is 0.341 e. The van der Waals surface area contributed by atoms with E-state index >= 15 is 0 Å². The Labute approximate surface area is 158 Å². The third kappa shape index (κ3) is 2.50. The van der Waals surface area contributed by atoms with Crippen molar-refractivity contribution in [1.29, 1.82) is 0 Å². The van der Waals surface area contributed by atoms with Crippen LogP contribution in [-0.4, -0.2) is 15.6 Å². The summed E-state index contributed by atoms with van der Waals surface area (Å²) in [5.41, 5.74) is 1.08. The highest BCUT2D eigenvalue weighted by atomic mass is 19.1. The topological polar surface area (TPSA) is 62.5 Å². The highest BCUT2D eigenvalue weighted by molar-refractivity contribution is 5.93. The van der Waals surface area contributed by atoms with Gasteiger partial charge in [-0.25, -0.2) is 13.6 Å². The Kier molecular flexibility index (Phi) is 3.56. The van der Waals surface area contributed by atoms with Crippen LogP contribution in [0.1, 0.15) is 40.4 Å². The summed E-state index contributed by atoms with van der Waals surface area (Å²) in [6.45, 7) is 0.613. The summed E-state index contributed by atoms with van der Waals surface area (Å²) in [7, 11) is 0. The van der Waals surface area contributed by atoms with E-state index in [1.165, 1.54) is 12.3 Å². The third-order valence-electron chi connectivity index (χ3n) is 5.54. The number of benzene rings is 2. The van der Waals surface area contributed by atoms with Gasteiger partial charge in [-0.05, 0) is 36.6 Å². The smallest absolute Gasteiger partial charge is 0.341 e. The van der Waals surface area contributed by atoms with Crippen LogP contribution in [0, 0.1) is 11.6 Å². The number of pyridine rings is 1. The molecular formula is C21H16F2N2O3. The second-order valence-corrected chi connectivity index (χ2v) is 7.37. The molecule has 5 nitrogen and oxygen atoms in total. The molecule has 1 aromatic heterocycles. The number of anilines is 1. The zero-order valence-electron chi connectivity index (χ0n) is 14.8. The number of halogens is 2. The summed E-state index contributed by atoms with van der Waals surface area (Å²) in [5, 5.41) is 9.38. The molecule has 3 aromatic rings. The summed E-state index contributed by atoms with van der Waals surface area (Å²) >= 11 is 0. The number of aromatic carboxylic acids is 1. The lowest BCUT2D eigenvalue weighted by molar-refractivity contribution is 0.0695. The molecule has 1 N–H and O–H groups in total. The lowest BCUT2D eigenvalue weighted by Crippen LogP contribution is -2.21. The van der Waals surface area contributed by atoms with E-state index in [-0.39, 0.29) is 35.0 Å². The number of nitrogens with zero attached hydrogens (tertiary/aromatic N) is 2. The van der Waals surface area contributed by atoms with Crippen LogP contribution in [-0.2, 0) is 13.1 Å². The maximum atomic E-state index is 14.9. The van der Waals surface area contributed by atoms with Gasteiger partial charge in [-0.1, -0.05) is 12.1 Å². The van der Waals surface area contributed by atoms with E-state index in [2.05, 4.69) is 0 Å². The molecule has 0 saturated heterocycles. The highest BCUT2D eigenvalue weighted by Gasteiger charge is 2.29. The molecule has 1 aliphatic carbocycles. The lowest BCUT2D eigenvalue weighted by Gasteiger charge is -2.21. The fourth-order valence-electron chi connectivity index (χ4n) is 3.96. The second kappa shape index (κ2) is 5.89. The molecule has 2 heterocycles. The molecule has 142 valence electrons. The average molecular weight is 382 g/mol. The predicted molar refractivity (Wildman–Crippen MR) is 99.7 cm³/mol. The number of hydrogen-bond donors (Lipinski definition) is 1. The molecule has 0 spiro atoms. The van der Waals surface area contributed by atoms with Crippen molar-refractivity contribution in [3.63, 3.8) is 0 Å². The summed E-state index contributed by atoms with van der Waals surface area (Å²) in [6, 6.07) is 7.63. The Bertz CT molecular complexity index is 1210. The Morgan fingerprint density at radius 3 is 2.57 bits per heavy atom. The van der Waals surface area contributed by atoms with E-state index in [9.17, 15) is 23.5 Å². The number of fused-ring (bicyclic) bond motifs is 2. The van der Waals surface area contributed by atoms with Crippen LogP contribution < -0.4 is 10.3 Å². The standard InChI is InChI=1S/C21H16F2N2O3/c22-16-3-1-2-11-8-24(9-14(11)16)19-7-18-13(6-17(19)23)20(26)15(21(27)28)10-25(18)12-4-5-12/h1-3,6-7,10,12H,4-5,8-9H2,(H,27,28). The average Bonchev–Trinajstić information content (AvgIpc) is 3.40. The maximum absolute atomic E-state index is 14.9. The number of aromatic nitrogens is 1. The molecule has 2 aromatic carbocycles. The van der Waals surface area contributed by atoms with Crippen molar-refractivity contribution < 1.29 is 18.7 Å². The largest absolute Gasteiger partial charge is 0.477 e. The third-order valence-corrected chi connectivity index (χ3v) is 5.54. The van der Waals surface area contributed by atoms with Gasteiger partial charge in [0.15, 0.2) is 0 Å². The second-order valence-electron chi connectivity index (χ2n) is 7.37. The number of hydrogen-bond acceptors (Lipinski definition) is 3. The molecule has 28 heavy (non-hydrogen) atoms. The van der Waals surface area contributed by atoms with Crippen LogP contribution in [0.15, 0.2) is 41.3 Å². The van der Waals surface area contributed by atoms with Crippen molar-refractivity contribution in [3.05, 3.63) is 75.1 Å². The van der Waals surface area contributed by atoms with Gasteiger partial charge in [0.2, 0.25) is 5.43 Å². The summed E-state index contributed by atoms with van der Waals surface area (Å²) in [6.07, 6.45) is 3.11. The monoisotopic (exact) mass is 382 g/mol. The van der Waals surface area contributed by atoms with E-state index in [0.717, 1.165) is 24.5 Å². The van der Waals surface area contributed by atoms with Crippen molar-refractivity contribution in [2.75, 3.05) is 4.90 Å². The first kappa shape index (κ1) is 16.9. The summed E-state index contributed by atoms with van der Waals surface area (Å²) < 4.78 is 30.7. The molecule has 0 radical (unpaired) electrons. The van der Waals surface area contributed by atoms with E-state index in [1.807, 2.05) is 6.07 Å². The first-order chi connectivity index (χ1) is 13.4. The van der Waals surface area contributed by atoms with Crippen molar-refractivity contribution in [2.45, 2.75) is 32.0 Å². The molecule has 0 amide bonds. The van der Waals surface area contributed by atoms with Crippen molar-refractivity contribution in [1.82, 2.24) is 4.57 Å². The Balaban J connectivity index is 1.68. The fraction of sp³-hybridized carbons (Fsp3) is 0.238. The number of rotatable bonds is 3. The fourth-order valence-corrected chi connectivity index (χ4v) is 3.96. The summed E-state index contributed by atoms with van der Waals surface area (Å²) in [4.78, 5) is 25.7. The van der Waals surface area contributed by atoms with Crippen molar-refractivity contribution in [3.8, 4) is 0 Å². The normalized spacial score (nSPS) is 15.9. The van der Waals surface area contributed by atoms with Gasteiger partial charge in [0.05, 0.1) is 11.2 Å². The first-order valence-electron chi connectivity index (χ1n) is 9.07. The van der Waals surface area contributed by atoms with Gasteiger partial charge in [0.1, 0.15) is 17.2 Å². The van der Waals surface area contributed by atoms with E-state index < -0.39 is 17.2 Å². The van der Waals surface area contributed by atoms with E-state index in [1.54, 1.807) is 21.6 Å². The van der Waals surface area contributed by atoms with Crippen LogP contribution >= 0.6 is 0 Å². The quantitative estimate of drug-likeness (QED) is 0.748. The highest BCUT2D eigenvalue weighted by Crippen LogP contribution is 2.39. The number of carbonyl (C=O) groups is 1. The van der Waals surface area contributed by atoms with Crippen LogP contribution in [0.4, 0.5) is 14.5 Å². The molecule has 1 saturated carbocycles. The molecule has 2 aliphatic rings. The van der Waals surface area contributed by atoms with E-state index in [4.69, 9.17) is 0 Å². The summed E-state index contributed by atoms with van der Waals surface area (Å²) in [5.74, 6) is -2.26. The zero-order chi connectivity index (χ0) is 19.6. The minimum atomic E-state index is -1.32. The Morgan fingerprint density at radius 2 is 1.89 bits per heavy atom. The van der Waals surface area contributed by atoms with Gasteiger partial charge in [-0.15, -0.1) is 0 Å². The van der Waals surface area contributed by atoms with Crippen molar-refractivity contribution >= 4 is 22.6 Å². The van der Waals surface area contributed by atoms with Gasteiger partial charge in [0, 0.05) is 36.3 Å². The molecule has 1 aliphatic heterocycles. The van der Waals surface area contributed by atoms with Gasteiger partial charge < -0.3 is 14.6 Å². The van der Waals surface area contributed by atoms with Gasteiger partial charge in [-0.3, -0.25) is 4.79 Å². The molecule has 5 rings (SSSR count). The SMILES string of the molecule is O=C(O)c1cn(C2CC2)c2cc(N3Cc4cccc(F)c4C3)c(F)cc2c1=O. The van der Waals surface area contributed by atoms with Crippen LogP contribution in [0.3, 0.4) is 0 Å². The number of carboxylic acid groups (broad SMARTS) is 1. The molecule has 1 fully saturated rings. The minimum absolute atomic E-state index is 0.0518. The van der Waals surface area contributed by atoms with Crippen LogP contribution in [0.2, 0.25) is 0 Å². The van der Waals surface area contributed by atoms with Crippen LogP contribution in [0.5, 0.6) is 0 Å². The molecule has 0 bridgehead atoms. The molecular weight excluding hydrogens is 366 g/mol. The van der Waals surface area contributed by atoms with Crippen LogP contribution in [0.25, 0.3) is 10.9 Å². The van der Waals surface area contributed by atoms with E-state index in [0.29, 0.717) is 17.6 Å². The number of carboxylic acids is 1. The van der Waals surface area contributed by atoms with Crippen molar-refractivity contribution in [2.24, 2.45) is 0 Å². The van der Waals surface area contributed by atoms with Gasteiger partial charge in [0.25, 0.3) is 0 Å². The zero-order valence-corrected chi connectivity index (χ0v) is 14.8. The van der Waals surface area contributed by atoms with Gasteiger partial charge in [-0.2, -0.15) is 0 Å². The molecule has 0 atom stereocenters. The Morgan fingerprint density at radius 1 is 1.11 bits per heavy atom. The first-order valence-corrected chi connectivity index (χ1v) is 9.07. The molecule has 0 unspecified atom stereocenters. The minimum Gasteiger partial charge on any atom is -0.477 e.